The van der Waals surface area contributed by atoms with Crippen molar-refractivity contribution in [2.24, 2.45) is 11.7 Å². The fourth-order valence-electron chi connectivity index (χ4n) is 9.97. The van der Waals surface area contributed by atoms with Crippen molar-refractivity contribution in [3.05, 3.63) is 172 Å². The maximum absolute atomic E-state index is 15.1. The minimum absolute atomic E-state index is 0.0755. The number of amides is 7. The topological polar surface area (TPSA) is 399 Å². The molecule has 8 N–H and O–H groups in total. The largest absolute Gasteiger partial charge is 0.464 e. The van der Waals surface area contributed by atoms with E-state index < -0.39 is 102 Å². The van der Waals surface area contributed by atoms with E-state index in [1.54, 1.807) is 84.4 Å². The Kier molecular flexibility index (Phi) is 21.0. The van der Waals surface area contributed by atoms with E-state index in [1.807, 2.05) is 6.92 Å². The Morgan fingerprint density at radius 2 is 1.28 bits per heavy atom. The van der Waals surface area contributed by atoms with Crippen LogP contribution in [0.3, 0.4) is 0 Å². The van der Waals surface area contributed by atoms with Crippen LogP contribution >= 0.6 is 68.0 Å². The van der Waals surface area contributed by atoms with Gasteiger partial charge in [-0.1, -0.05) is 62.5 Å². The van der Waals surface area contributed by atoms with Gasteiger partial charge < -0.3 is 56.6 Å². The van der Waals surface area contributed by atoms with Gasteiger partial charge in [0.1, 0.15) is 93.4 Å². The summed E-state index contributed by atoms with van der Waals surface area (Å²) < 4.78 is 21.6. The van der Waals surface area contributed by atoms with Crippen LogP contribution in [0.5, 0.6) is 5.75 Å². The number of carbonyl (C=O) groups is 10. The summed E-state index contributed by atoms with van der Waals surface area (Å²) >= 11 is 6.61. The van der Waals surface area contributed by atoms with E-state index in [9.17, 15) is 43.2 Å². The van der Waals surface area contributed by atoms with Crippen LogP contribution in [-0.2, 0) is 49.4 Å². The second kappa shape index (κ2) is 29.9. The third-order valence-corrected chi connectivity index (χ3v) is 20.4. The number of thiazole rings is 6. The van der Waals surface area contributed by atoms with Crippen LogP contribution < -0.4 is 42.4 Å². The van der Waals surface area contributed by atoms with Gasteiger partial charge in [0.25, 0.3) is 29.5 Å². The molecule has 2 aromatic carbocycles. The van der Waals surface area contributed by atoms with Gasteiger partial charge in [-0.25, -0.2) is 39.7 Å². The monoisotopic (exact) mass is 1440 g/mol. The van der Waals surface area contributed by atoms with Gasteiger partial charge >= 0.3 is 17.9 Å². The number of carbonyl (C=O) groups excluding carboxylic acids is 10. The minimum atomic E-state index is -1.29. The fourth-order valence-corrected chi connectivity index (χ4v) is 15.2. The summed E-state index contributed by atoms with van der Waals surface area (Å²) in [6.45, 7) is 13.4. The van der Waals surface area contributed by atoms with E-state index in [2.05, 4.69) is 59.8 Å². The van der Waals surface area contributed by atoms with Crippen molar-refractivity contribution in [1.29, 1.82) is 0 Å². The number of hydrogen-bond acceptors (Lipinski definition) is 27. The number of hydrogen-bond donors (Lipinski definition) is 7. The maximum Gasteiger partial charge on any atom is 0.353 e. The van der Waals surface area contributed by atoms with E-state index in [0.717, 1.165) is 52.5 Å². The van der Waals surface area contributed by atoms with Crippen LogP contribution in [0.15, 0.2) is 118 Å². The van der Waals surface area contributed by atoms with Crippen LogP contribution in [0.25, 0.3) is 43.4 Å². The number of nitrogens with two attached hydrogens (primary N) is 1. The van der Waals surface area contributed by atoms with Crippen LogP contribution in [0.2, 0.25) is 0 Å². The summed E-state index contributed by atoms with van der Waals surface area (Å²) in [5.74, 6) is -7.74. The molecule has 7 aromatic heterocycles. The lowest BCUT2D eigenvalue weighted by Crippen LogP contribution is -2.50. The fraction of sp³-hybridized carbons (Fsp3) is 0.234. The molecule has 98 heavy (non-hydrogen) atoms. The number of primary amides is 1. The molecule has 9 aromatic rings. The number of rotatable bonds is 16. The number of methoxy groups -OCH3 is 1. The highest BCUT2D eigenvalue weighted by Gasteiger charge is 2.40. The molecule has 34 heteroatoms. The van der Waals surface area contributed by atoms with Crippen molar-refractivity contribution in [3.8, 4) is 49.1 Å². The van der Waals surface area contributed by atoms with Crippen molar-refractivity contribution in [1.82, 2.24) is 66.8 Å². The zero-order valence-electron chi connectivity index (χ0n) is 52.2. The summed E-state index contributed by atoms with van der Waals surface area (Å²) in [6, 6.07) is 13.7. The number of esters is 3. The first-order valence-electron chi connectivity index (χ1n) is 29.5. The number of benzene rings is 2. The smallest absolute Gasteiger partial charge is 0.353 e. The first-order valence-corrected chi connectivity index (χ1v) is 34.7. The zero-order valence-corrected chi connectivity index (χ0v) is 57.1. The molecular weight excluding hydrogens is 1380 g/mol. The summed E-state index contributed by atoms with van der Waals surface area (Å²) in [5.41, 5.74) is 7.22. The lowest BCUT2D eigenvalue weighted by molar-refractivity contribution is -0.148. The van der Waals surface area contributed by atoms with E-state index in [4.69, 9.17) is 44.9 Å². The standard InChI is InChI=1S/C64H56N14O14S6/c1-27(45-21-90-45)47-62-75-44(26-97-62)60-71-40(22-94-60)49-36(17-18-37(68-49)59-73-41(24-95-59)54(84)66-28(2)52(82)67-29(3)64(88)89-7)58-72-42(23-93-58)56(86)70-39(20-46(65)81)61-78-48(30(4)98-61)57(87)77-50(51(92-32(6)80)34-11-9-8-10-12-34)63-74-43(25-96-63)55(85)69-38(53(83)76-47)19-33-13-15-35(16-14-33)91-31(5)79/h8-18,22-27,38-39,45,47,50-51H,2-3,19-21H2,1,4-7H3,(H2,65,81)(H,66,84)(H,67,82)(H,69,85)(H,70,86)(H,76,83)(H,77,87)/t27-,38-,39-,45+,47-,50-,51+/m0/s1. The zero-order chi connectivity index (χ0) is 69.6. The van der Waals surface area contributed by atoms with Crippen LogP contribution in [0, 0.1) is 12.8 Å². The predicted molar refractivity (Wildman–Crippen MR) is 361 cm³/mol. The predicted octanol–water partition coefficient (Wildman–Crippen LogP) is 7.44. The normalized spacial score (nSPS) is 17.6. The molecule has 0 spiro atoms. The highest BCUT2D eigenvalue weighted by atomic mass is 32.1. The number of fused-ring (bicyclic) bond motifs is 14. The summed E-state index contributed by atoms with van der Waals surface area (Å²) in [6.07, 6.45) is -2.04. The lowest BCUT2D eigenvalue weighted by atomic mass is 9.97. The Hall–Kier alpha value is -10.5. The first kappa shape index (κ1) is 68.9. The number of nitrogens with one attached hydrogen (secondary N) is 6. The molecule has 0 radical (unpaired) electrons. The molecule has 7 amide bonds. The third kappa shape index (κ3) is 16.1. The van der Waals surface area contributed by atoms with Gasteiger partial charge in [-0.2, -0.15) is 0 Å². The Balaban J connectivity index is 0.994. The van der Waals surface area contributed by atoms with Gasteiger partial charge in [0.2, 0.25) is 11.8 Å². The second-order valence-corrected chi connectivity index (χ2v) is 27.5. The molecule has 2 aliphatic heterocycles. The highest BCUT2D eigenvalue weighted by Crippen LogP contribution is 2.41. The van der Waals surface area contributed by atoms with Crippen LogP contribution in [0.4, 0.5) is 0 Å². The quantitative estimate of drug-likeness (QED) is 0.0214. The second-order valence-electron chi connectivity index (χ2n) is 21.9. The van der Waals surface area contributed by atoms with Crippen LogP contribution in [0.1, 0.15) is 124 Å². The Labute approximate surface area is 580 Å². The van der Waals surface area contributed by atoms with Gasteiger partial charge in [0.05, 0.1) is 49.7 Å². The summed E-state index contributed by atoms with van der Waals surface area (Å²) in [5, 5.41) is 26.0. The number of pyridine rings is 1. The average molecular weight is 1440 g/mol. The van der Waals surface area contributed by atoms with Crippen molar-refractivity contribution >= 4 is 127 Å². The molecule has 9 heterocycles. The average Bonchev–Trinajstić information content (AvgIpc) is 1.58. The minimum Gasteiger partial charge on any atom is -0.464 e. The van der Waals surface area contributed by atoms with E-state index in [-0.39, 0.29) is 79.1 Å². The van der Waals surface area contributed by atoms with E-state index in [0.29, 0.717) is 54.6 Å². The van der Waals surface area contributed by atoms with Gasteiger partial charge in [0, 0.05) is 63.5 Å². The maximum atomic E-state index is 15.1. The molecule has 502 valence electrons. The van der Waals surface area contributed by atoms with E-state index >= 15 is 4.79 Å². The van der Waals surface area contributed by atoms with Crippen molar-refractivity contribution in [2.75, 3.05) is 13.7 Å². The molecule has 28 nitrogen and oxygen atoms in total. The molecule has 1 fully saturated rings. The summed E-state index contributed by atoms with van der Waals surface area (Å²) in [7, 11) is 1.10. The van der Waals surface area contributed by atoms with Gasteiger partial charge in [-0.15, -0.1) is 68.0 Å². The third-order valence-electron chi connectivity index (χ3n) is 14.9. The van der Waals surface area contributed by atoms with E-state index in [1.165, 1.54) is 52.7 Å². The Bertz CT molecular complexity index is 4650. The lowest BCUT2D eigenvalue weighted by Gasteiger charge is -2.26. The molecule has 1 saturated heterocycles. The molecule has 0 aliphatic carbocycles. The highest BCUT2D eigenvalue weighted by molar-refractivity contribution is 7.15. The van der Waals surface area contributed by atoms with Gasteiger partial charge in [-0.05, 0) is 42.3 Å². The number of aryl methyl sites for hydroxylation is 1. The van der Waals surface area contributed by atoms with Gasteiger partial charge in [0.15, 0.2) is 6.10 Å². The number of epoxide rings is 1. The Morgan fingerprint density at radius 3 is 1.97 bits per heavy atom. The molecular formula is C64H56N14O14S6. The molecule has 10 bridgehead atoms. The van der Waals surface area contributed by atoms with Crippen molar-refractivity contribution in [3.63, 3.8) is 0 Å². The Morgan fingerprint density at radius 1 is 0.643 bits per heavy atom. The molecule has 11 rings (SSSR count). The molecule has 2 aliphatic rings. The number of aromatic nitrogens is 7. The molecule has 7 atom stereocenters. The van der Waals surface area contributed by atoms with Gasteiger partial charge in [-0.3, -0.25) is 43.2 Å². The molecule has 0 unspecified atom stereocenters. The molecule has 0 saturated carbocycles. The van der Waals surface area contributed by atoms with Crippen LogP contribution in [-0.4, -0.2) is 120 Å². The SMILES string of the molecule is C=C(NC(=O)c1csc(-c2ccc3c(n2)-c2csc(n2)-c2csc(n2)[C@H]([C@@H](C)[C@H]2CO2)NC(=O)[C@H](Cc2ccc(OC(C)=O)cc2)NC(=O)c2csc(n2)[C@H]([C@H](OC(C)=O)c2ccccc2)NC(=O)c2nc(sc2C)[C@H](CC(N)=O)NC(=O)c2csc-3n2)n1)C(=O)NC(=C)C(=O)OC. The van der Waals surface area contributed by atoms with Crippen molar-refractivity contribution < 1.29 is 66.9 Å². The number of ether oxygens (including phenoxy) is 4. The summed E-state index contributed by atoms with van der Waals surface area (Å²) in [4.78, 5) is 169. The van der Waals surface area contributed by atoms with Crippen molar-refractivity contribution in [2.45, 2.75) is 76.9 Å². The number of nitrogens with zero attached hydrogens (tertiary/aromatic N) is 7. The first-order chi connectivity index (χ1) is 47.0.